The summed E-state index contributed by atoms with van der Waals surface area (Å²) in [5.74, 6) is 0.514. The van der Waals surface area contributed by atoms with E-state index in [4.69, 9.17) is 5.73 Å². The predicted octanol–water partition coefficient (Wildman–Crippen LogP) is 2.21. The van der Waals surface area contributed by atoms with Gasteiger partial charge in [-0.15, -0.1) is 0 Å². The third-order valence-corrected chi connectivity index (χ3v) is 2.59. The van der Waals surface area contributed by atoms with Crippen molar-refractivity contribution in [1.29, 1.82) is 0 Å². The Labute approximate surface area is 103 Å². The Balaban J connectivity index is 2.87. The van der Waals surface area contributed by atoms with E-state index in [0.29, 0.717) is 17.3 Å². The number of carbonyl (C=O) groups excluding carboxylic acids is 1. The summed E-state index contributed by atoms with van der Waals surface area (Å²) in [4.78, 5) is 14.0. The predicted molar refractivity (Wildman–Crippen MR) is 70.9 cm³/mol. The summed E-state index contributed by atoms with van der Waals surface area (Å²) >= 11 is 0. The Morgan fingerprint density at radius 3 is 2.71 bits per heavy atom. The van der Waals surface area contributed by atoms with E-state index in [9.17, 15) is 4.79 Å². The number of carbonyl (C=O) groups is 1. The lowest BCUT2D eigenvalue weighted by Gasteiger charge is -2.20. The van der Waals surface area contributed by atoms with Crippen LogP contribution in [0.25, 0.3) is 0 Å². The quantitative estimate of drug-likeness (QED) is 0.853. The number of amides is 1. The highest BCUT2D eigenvalue weighted by atomic mass is 16.2. The van der Waals surface area contributed by atoms with E-state index in [1.807, 2.05) is 17.8 Å². The summed E-state index contributed by atoms with van der Waals surface area (Å²) < 4.78 is 1.94. The van der Waals surface area contributed by atoms with E-state index in [-0.39, 0.29) is 5.91 Å². The van der Waals surface area contributed by atoms with Gasteiger partial charge in [-0.05, 0) is 18.4 Å². The van der Waals surface area contributed by atoms with Gasteiger partial charge in [0.2, 0.25) is 0 Å². The van der Waals surface area contributed by atoms with Crippen molar-refractivity contribution in [3.63, 3.8) is 0 Å². The summed E-state index contributed by atoms with van der Waals surface area (Å²) in [5.41, 5.74) is 7.10. The molecule has 0 unspecified atom stereocenters. The lowest BCUT2D eigenvalue weighted by atomic mass is 10.2. The molecule has 96 valence electrons. The maximum absolute atomic E-state index is 12.2. The van der Waals surface area contributed by atoms with Crippen LogP contribution in [0.4, 0.5) is 5.69 Å². The van der Waals surface area contributed by atoms with Gasteiger partial charge >= 0.3 is 0 Å². The van der Waals surface area contributed by atoms with Crippen molar-refractivity contribution in [2.24, 2.45) is 5.92 Å². The molecule has 0 atom stereocenters. The molecule has 0 bridgehead atoms. The molecule has 1 aromatic heterocycles. The van der Waals surface area contributed by atoms with E-state index >= 15 is 0 Å². The molecule has 2 N–H and O–H groups in total. The Kier molecular flexibility index (Phi) is 4.61. The van der Waals surface area contributed by atoms with Gasteiger partial charge in [-0.2, -0.15) is 0 Å². The number of hydrogen-bond donors (Lipinski definition) is 1. The van der Waals surface area contributed by atoms with Crippen molar-refractivity contribution < 1.29 is 4.79 Å². The van der Waals surface area contributed by atoms with Crippen LogP contribution in [0.15, 0.2) is 12.3 Å². The number of hydrogen-bond acceptors (Lipinski definition) is 2. The Bertz CT molecular complexity index is 382. The zero-order chi connectivity index (χ0) is 13.0. The maximum Gasteiger partial charge on any atom is 0.270 e. The van der Waals surface area contributed by atoms with E-state index < -0.39 is 0 Å². The molecule has 0 aromatic carbocycles. The third-order valence-electron chi connectivity index (χ3n) is 2.59. The van der Waals surface area contributed by atoms with Gasteiger partial charge in [0, 0.05) is 26.3 Å². The molecule has 1 amide bonds. The molecule has 0 radical (unpaired) electrons. The number of nitrogens with zero attached hydrogens (tertiary/aromatic N) is 2. The van der Waals surface area contributed by atoms with Crippen LogP contribution in [0, 0.1) is 5.92 Å². The molecular formula is C13H23N3O. The molecule has 0 aliphatic carbocycles. The highest BCUT2D eigenvalue weighted by Crippen LogP contribution is 2.14. The van der Waals surface area contributed by atoms with Crippen LogP contribution < -0.4 is 5.73 Å². The first-order valence-corrected chi connectivity index (χ1v) is 6.16. The molecule has 4 heteroatoms. The van der Waals surface area contributed by atoms with Crippen molar-refractivity contribution >= 4 is 11.6 Å². The molecule has 0 fully saturated rings. The van der Waals surface area contributed by atoms with Crippen LogP contribution in [0.3, 0.4) is 0 Å². The van der Waals surface area contributed by atoms with Gasteiger partial charge < -0.3 is 15.2 Å². The van der Waals surface area contributed by atoms with Crippen LogP contribution in [-0.2, 0) is 6.54 Å². The number of aromatic nitrogens is 1. The largest absolute Gasteiger partial charge is 0.397 e. The summed E-state index contributed by atoms with van der Waals surface area (Å²) in [5, 5.41) is 0. The lowest BCUT2D eigenvalue weighted by Crippen LogP contribution is -2.31. The topological polar surface area (TPSA) is 51.3 Å². The fourth-order valence-corrected chi connectivity index (χ4v) is 1.96. The summed E-state index contributed by atoms with van der Waals surface area (Å²) in [6.45, 7) is 7.87. The van der Waals surface area contributed by atoms with Crippen molar-refractivity contribution in [3.8, 4) is 0 Å². The first kappa shape index (κ1) is 13.6. The maximum atomic E-state index is 12.2. The summed E-state index contributed by atoms with van der Waals surface area (Å²) in [6, 6.07) is 1.76. The molecule has 0 aliphatic heterocycles. The minimum atomic E-state index is 0.0452. The molecule has 1 aromatic rings. The zero-order valence-electron chi connectivity index (χ0n) is 11.2. The molecule has 17 heavy (non-hydrogen) atoms. The smallest absolute Gasteiger partial charge is 0.270 e. The standard InChI is InChI=1S/C13H23N3O/c1-5-6-16-9-11(14)7-12(16)13(17)15(4)8-10(2)3/h7,9-10H,5-6,8,14H2,1-4H3. The van der Waals surface area contributed by atoms with E-state index in [1.54, 1.807) is 11.0 Å². The van der Waals surface area contributed by atoms with Gasteiger partial charge in [-0.25, -0.2) is 0 Å². The normalized spacial score (nSPS) is 10.9. The molecule has 1 rings (SSSR count). The van der Waals surface area contributed by atoms with Crippen molar-refractivity contribution in [2.75, 3.05) is 19.3 Å². The number of anilines is 1. The van der Waals surface area contributed by atoms with Crippen LogP contribution >= 0.6 is 0 Å². The third kappa shape index (κ3) is 3.51. The van der Waals surface area contributed by atoms with Crippen molar-refractivity contribution in [2.45, 2.75) is 33.7 Å². The molecule has 1 heterocycles. The van der Waals surface area contributed by atoms with Crippen LogP contribution in [0.2, 0.25) is 0 Å². The first-order chi connectivity index (χ1) is 7.95. The highest BCUT2D eigenvalue weighted by Gasteiger charge is 2.17. The van der Waals surface area contributed by atoms with Crippen molar-refractivity contribution in [1.82, 2.24) is 9.47 Å². The van der Waals surface area contributed by atoms with Gasteiger partial charge in [0.1, 0.15) is 5.69 Å². The van der Waals surface area contributed by atoms with Gasteiger partial charge in [0.25, 0.3) is 5.91 Å². The molecule has 0 aliphatic rings. The zero-order valence-corrected chi connectivity index (χ0v) is 11.2. The SMILES string of the molecule is CCCn1cc(N)cc1C(=O)N(C)CC(C)C. The van der Waals surface area contributed by atoms with Gasteiger partial charge in [-0.3, -0.25) is 4.79 Å². The fraction of sp³-hybridized carbons (Fsp3) is 0.615. The van der Waals surface area contributed by atoms with Crippen LogP contribution in [0.5, 0.6) is 0 Å². The minimum Gasteiger partial charge on any atom is -0.397 e. The van der Waals surface area contributed by atoms with E-state index in [1.165, 1.54) is 0 Å². The van der Waals surface area contributed by atoms with Crippen LogP contribution in [-0.4, -0.2) is 29.0 Å². The summed E-state index contributed by atoms with van der Waals surface area (Å²) in [7, 11) is 1.84. The second-order valence-corrected chi connectivity index (χ2v) is 4.93. The summed E-state index contributed by atoms with van der Waals surface area (Å²) in [6.07, 6.45) is 2.82. The average Bonchev–Trinajstić information content (AvgIpc) is 2.58. The fourth-order valence-electron chi connectivity index (χ4n) is 1.96. The first-order valence-electron chi connectivity index (χ1n) is 6.16. The number of aryl methyl sites for hydroxylation is 1. The van der Waals surface area contributed by atoms with Gasteiger partial charge in [0.05, 0.1) is 5.69 Å². The number of nitrogen functional groups attached to an aromatic ring is 1. The van der Waals surface area contributed by atoms with E-state index in [2.05, 4.69) is 20.8 Å². The second kappa shape index (κ2) is 5.75. The average molecular weight is 237 g/mol. The second-order valence-electron chi connectivity index (χ2n) is 4.93. The molecule has 4 nitrogen and oxygen atoms in total. The highest BCUT2D eigenvalue weighted by molar-refractivity contribution is 5.93. The molecule has 0 saturated heterocycles. The Hall–Kier alpha value is -1.45. The molecular weight excluding hydrogens is 214 g/mol. The van der Waals surface area contributed by atoms with Crippen molar-refractivity contribution in [3.05, 3.63) is 18.0 Å². The monoisotopic (exact) mass is 237 g/mol. The number of nitrogens with two attached hydrogens (primary N) is 1. The Morgan fingerprint density at radius 2 is 2.18 bits per heavy atom. The molecule has 0 saturated carbocycles. The van der Waals surface area contributed by atoms with E-state index in [0.717, 1.165) is 19.5 Å². The van der Waals surface area contributed by atoms with Gasteiger partial charge in [0.15, 0.2) is 0 Å². The molecule has 0 spiro atoms. The Morgan fingerprint density at radius 1 is 1.53 bits per heavy atom. The lowest BCUT2D eigenvalue weighted by molar-refractivity contribution is 0.0768. The van der Waals surface area contributed by atoms with Gasteiger partial charge in [-0.1, -0.05) is 20.8 Å². The minimum absolute atomic E-state index is 0.0452. The van der Waals surface area contributed by atoms with Crippen LogP contribution in [0.1, 0.15) is 37.7 Å². The number of rotatable bonds is 5.